The van der Waals surface area contributed by atoms with Gasteiger partial charge in [0.15, 0.2) is 4.34 Å². The van der Waals surface area contributed by atoms with Crippen molar-refractivity contribution in [1.29, 1.82) is 0 Å². The first-order valence-electron chi connectivity index (χ1n) is 12.5. The Hall–Kier alpha value is -2.10. The highest BCUT2D eigenvalue weighted by Crippen LogP contribution is 2.35. The van der Waals surface area contributed by atoms with Crippen molar-refractivity contribution in [3.8, 4) is 11.3 Å². The number of amides is 2. The maximum atomic E-state index is 12.6. The molecule has 2 amide bonds. The number of hydrogen-bond donors (Lipinski definition) is 1. The molecule has 1 fully saturated rings. The van der Waals surface area contributed by atoms with Crippen LogP contribution in [-0.2, 0) is 16.1 Å². The molecule has 2 aromatic carbocycles. The van der Waals surface area contributed by atoms with Crippen molar-refractivity contribution in [2.45, 2.75) is 57.5 Å². The largest absolute Gasteiger partial charge is 0.326 e. The number of carbonyl (C=O) groups is 2. The van der Waals surface area contributed by atoms with E-state index in [1.807, 2.05) is 72.9 Å². The molecular formula is C28H32Cl2N4O2S2. The van der Waals surface area contributed by atoms with Crippen molar-refractivity contribution < 1.29 is 9.59 Å². The quantitative estimate of drug-likeness (QED) is 0.287. The zero-order valence-electron chi connectivity index (χ0n) is 22.0. The van der Waals surface area contributed by atoms with Crippen LogP contribution >= 0.6 is 46.5 Å². The molecule has 3 aromatic rings. The molecule has 0 unspecified atom stereocenters. The summed E-state index contributed by atoms with van der Waals surface area (Å²) in [5, 5.41) is 6.10. The molecule has 0 atom stereocenters. The van der Waals surface area contributed by atoms with E-state index in [0.717, 1.165) is 59.3 Å². The number of thiazole rings is 1. The Kier molecular flexibility index (Phi) is 9.42. The molecular weight excluding hydrogens is 559 g/mol. The molecule has 1 aromatic heterocycles. The highest BCUT2D eigenvalue weighted by molar-refractivity contribution is 7.99. The molecule has 0 aliphatic carbocycles. The third kappa shape index (κ3) is 7.51. The molecule has 0 spiro atoms. The fourth-order valence-corrected chi connectivity index (χ4v) is 6.42. The summed E-state index contributed by atoms with van der Waals surface area (Å²) in [4.78, 5) is 32.2. The predicted octanol–water partition coefficient (Wildman–Crippen LogP) is 7.62. The van der Waals surface area contributed by atoms with Crippen molar-refractivity contribution >= 4 is 64.0 Å². The SMILES string of the molecule is CC(=O)N(Sc1nc(-c2cccc(NC(=O)C(C)(C)C)c2)cs1)C1CCN(Cc2ccc(Cl)c(Cl)c2)CC1. The Bertz CT molecular complexity index is 1300. The Morgan fingerprint density at radius 3 is 2.53 bits per heavy atom. The molecule has 1 N–H and O–H groups in total. The number of likely N-dealkylation sites (tertiary alicyclic amines) is 1. The van der Waals surface area contributed by atoms with Crippen molar-refractivity contribution in [2.24, 2.45) is 5.41 Å². The van der Waals surface area contributed by atoms with Gasteiger partial charge in [0.05, 0.1) is 15.7 Å². The lowest BCUT2D eigenvalue weighted by Crippen LogP contribution is -2.43. The van der Waals surface area contributed by atoms with E-state index in [9.17, 15) is 9.59 Å². The minimum Gasteiger partial charge on any atom is -0.326 e. The predicted molar refractivity (Wildman–Crippen MR) is 159 cm³/mol. The summed E-state index contributed by atoms with van der Waals surface area (Å²) in [6.07, 6.45) is 1.78. The van der Waals surface area contributed by atoms with Crippen LogP contribution in [0.1, 0.15) is 46.1 Å². The summed E-state index contributed by atoms with van der Waals surface area (Å²) in [5.74, 6) is -0.00847. The molecule has 2 heterocycles. The Balaban J connectivity index is 1.37. The zero-order chi connectivity index (χ0) is 27.4. The molecule has 38 heavy (non-hydrogen) atoms. The van der Waals surface area contributed by atoms with E-state index < -0.39 is 5.41 Å². The van der Waals surface area contributed by atoms with E-state index >= 15 is 0 Å². The number of rotatable bonds is 7. The zero-order valence-corrected chi connectivity index (χ0v) is 25.1. The second-order valence-corrected chi connectivity index (χ2v) is 13.4. The summed E-state index contributed by atoms with van der Waals surface area (Å²) < 4.78 is 2.69. The molecule has 0 saturated carbocycles. The molecule has 1 aliphatic heterocycles. The molecule has 1 saturated heterocycles. The fourth-order valence-electron chi connectivity index (χ4n) is 4.19. The first-order chi connectivity index (χ1) is 18.0. The average Bonchev–Trinajstić information content (AvgIpc) is 3.34. The molecule has 4 rings (SSSR count). The Morgan fingerprint density at radius 2 is 1.87 bits per heavy atom. The first kappa shape index (κ1) is 28.9. The number of nitrogens with one attached hydrogen (secondary N) is 1. The van der Waals surface area contributed by atoms with E-state index in [0.29, 0.717) is 10.0 Å². The van der Waals surface area contributed by atoms with Gasteiger partial charge in [-0.3, -0.25) is 18.8 Å². The van der Waals surface area contributed by atoms with E-state index in [1.54, 1.807) is 6.92 Å². The van der Waals surface area contributed by atoms with Crippen LogP contribution in [0, 0.1) is 5.41 Å². The minimum atomic E-state index is -0.476. The monoisotopic (exact) mass is 590 g/mol. The van der Waals surface area contributed by atoms with Crippen LogP contribution in [0.2, 0.25) is 10.0 Å². The summed E-state index contributed by atoms with van der Waals surface area (Å²) in [6, 6.07) is 13.6. The van der Waals surface area contributed by atoms with E-state index in [1.165, 1.54) is 23.3 Å². The highest BCUT2D eigenvalue weighted by atomic mass is 35.5. The van der Waals surface area contributed by atoms with Gasteiger partial charge < -0.3 is 5.32 Å². The number of halogens is 2. The number of aromatic nitrogens is 1. The molecule has 10 heteroatoms. The van der Waals surface area contributed by atoms with Crippen LogP contribution in [0.15, 0.2) is 52.2 Å². The standard InChI is InChI=1S/C28H32Cl2N4O2S2/c1-18(35)34(22-10-12-33(13-11-22)16-19-8-9-23(29)24(30)14-19)38-27-32-25(17-37-27)20-6-5-7-21(15-20)31-26(36)28(2,3)4/h5-9,14-15,17,22H,10-13,16H2,1-4H3,(H,31,36). The van der Waals surface area contributed by atoms with Gasteiger partial charge in [-0.15, -0.1) is 11.3 Å². The molecule has 6 nitrogen and oxygen atoms in total. The van der Waals surface area contributed by atoms with Gasteiger partial charge in [-0.2, -0.15) is 0 Å². The average molecular weight is 592 g/mol. The van der Waals surface area contributed by atoms with Crippen LogP contribution in [-0.4, -0.2) is 45.1 Å². The second kappa shape index (κ2) is 12.4. The van der Waals surface area contributed by atoms with Gasteiger partial charge in [0.25, 0.3) is 0 Å². The molecule has 0 bridgehead atoms. The van der Waals surface area contributed by atoms with E-state index in [2.05, 4.69) is 10.2 Å². The number of piperidine rings is 1. The summed E-state index contributed by atoms with van der Waals surface area (Å²) in [7, 11) is 0. The van der Waals surface area contributed by atoms with Gasteiger partial charge in [0.1, 0.15) is 0 Å². The molecule has 202 valence electrons. The number of anilines is 1. The van der Waals surface area contributed by atoms with Crippen molar-refractivity contribution in [1.82, 2.24) is 14.2 Å². The maximum Gasteiger partial charge on any atom is 0.229 e. The van der Waals surface area contributed by atoms with Crippen molar-refractivity contribution in [3.63, 3.8) is 0 Å². The maximum absolute atomic E-state index is 12.6. The Labute approximate surface area is 242 Å². The lowest BCUT2D eigenvalue weighted by atomic mass is 9.95. The van der Waals surface area contributed by atoms with E-state index in [4.69, 9.17) is 28.2 Å². The number of carbonyl (C=O) groups excluding carboxylic acids is 2. The van der Waals surface area contributed by atoms with Gasteiger partial charge >= 0.3 is 0 Å². The van der Waals surface area contributed by atoms with Crippen LogP contribution in [0.3, 0.4) is 0 Å². The summed E-state index contributed by atoms with van der Waals surface area (Å²) in [6.45, 7) is 9.87. The van der Waals surface area contributed by atoms with Crippen molar-refractivity contribution in [2.75, 3.05) is 18.4 Å². The summed E-state index contributed by atoms with van der Waals surface area (Å²) >= 11 is 15.2. The smallest absolute Gasteiger partial charge is 0.229 e. The van der Waals surface area contributed by atoms with Gasteiger partial charge in [-0.05, 0) is 42.7 Å². The first-order valence-corrected chi connectivity index (χ1v) is 14.9. The van der Waals surface area contributed by atoms with Gasteiger partial charge in [0, 0.05) is 66.6 Å². The second-order valence-electron chi connectivity index (χ2n) is 10.5. The number of nitrogens with zero attached hydrogens (tertiary/aromatic N) is 3. The number of hydrogen-bond acceptors (Lipinski definition) is 6. The highest BCUT2D eigenvalue weighted by Gasteiger charge is 2.28. The summed E-state index contributed by atoms with van der Waals surface area (Å²) in [5.41, 5.74) is 3.14. The lowest BCUT2D eigenvalue weighted by molar-refractivity contribution is -0.126. The van der Waals surface area contributed by atoms with Crippen molar-refractivity contribution in [3.05, 3.63) is 63.5 Å². The number of benzene rings is 2. The van der Waals surface area contributed by atoms with Crippen LogP contribution in [0.25, 0.3) is 11.3 Å². The van der Waals surface area contributed by atoms with E-state index in [-0.39, 0.29) is 17.9 Å². The lowest BCUT2D eigenvalue weighted by Gasteiger charge is -2.37. The molecule has 1 aliphatic rings. The molecule has 0 radical (unpaired) electrons. The third-order valence-corrected chi connectivity index (χ3v) is 9.23. The van der Waals surface area contributed by atoms with Gasteiger partial charge in [0.2, 0.25) is 11.8 Å². The van der Waals surface area contributed by atoms with Gasteiger partial charge in [-0.25, -0.2) is 4.98 Å². The fraction of sp³-hybridized carbons (Fsp3) is 0.393. The van der Waals surface area contributed by atoms with Crippen LogP contribution in [0.4, 0.5) is 5.69 Å². The van der Waals surface area contributed by atoms with Crippen LogP contribution in [0.5, 0.6) is 0 Å². The van der Waals surface area contributed by atoms with Crippen LogP contribution < -0.4 is 5.32 Å². The Morgan fingerprint density at radius 1 is 1.13 bits per heavy atom. The normalized spacial score (nSPS) is 14.9. The minimum absolute atomic E-state index is 0.0292. The topological polar surface area (TPSA) is 65.5 Å². The third-order valence-electron chi connectivity index (χ3n) is 6.35. The van der Waals surface area contributed by atoms with Gasteiger partial charge in [-0.1, -0.05) is 62.2 Å².